The van der Waals surface area contributed by atoms with E-state index in [1.807, 2.05) is 50.2 Å². The SMILES string of the molecule is CC[C@H](CS(=O)(=O)c1cccc2c(N(C)C)cccc12)C(C)=O. The number of nitrogens with zero attached hydrogens (tertiary/aromatic N) is 1. The molecule has 124 valence electrons. The van der Waals surface area contributed by atoms with Crippen LogP contribution in [0.2, 0.25) is 0 Å². The molecule has 0 aromatic heterocycles. The molecule has 2 aromatic rings. The van der Waals surface area contributed by atoms with Crippen molar-refractivity contribution in [3.8, 4) is 0 Å². The van der Waals surface area contributed by atoms with Crippen molar-refractivity contribution < 1.29 is 13.2 Å². The van der Waals surface area contributed by atoms with E-state index >= 15 is 0 Å². The number of sulfone groups is 1. The Hall–Kier alpha value is -1.88. The van der Waals surface area contributed by atoms with E-state index in [0.717, 1.165) is 11.1 Å². The van der Waals surface area contributed by atoms with Crippen LogP contribution in [-0.2, 0) is 14.6 Å². The quantitative estimate of drug-likeness (QED) is 0.814. The molecule has 0 fully saturated rings. The molecule has 2 aromatic carbocycles. The number of anilines is 1. The average Bonchev–Trinajstić information content (AvgIpc) is 2.50. The van der Waals surface area contributed by atoms with Gasteiger partial charge >= 0.3 is 0 Å². The normalized spacial score (nSPS) is 13.0. The van der Waals surface area contributed by atoms with Crippen LogP contribution in [0.3, 0.4) is 0 Å². The minimum atomic E-state index is -3.53. The van der Waals surface area contributed by atoms with E-state index in [2.05, 4.69) is 0 Å². The third kappa shape index (κ3) is 3.55. The Morgan fingerprint density at radius 3 is 2.26 bits per heavy atom. The molecule has 2 rings (SSSR count). The lowest BCUT2D eigenvalue weighted by Gasteiger charge is -2.18. The van der Waals surface area contributed by atoms with Gasteiger partial charge in [-0.3, -0.25) is 4.79 Å². The molecule has 0 radical (unpaired) electrons. The molecule has 0 saturated heterocycles. The van der Waals surface area contributed by atoms with Crippen LogP contribution >= 0.6 is 0 Å². The highest BCUT2D eigenvalue weighted by molar-refractivity contribution is 7.91. The third-order valence-electron chi connectivity index (χ3n) is 4.16. The topological polar surface area (TPSA) is 54.5 Å². The van der Waals surface area contributed by atoms with Gasteiger partial charge in [-0.15, -0.1) is 0 Å². The van der Waals surface area contributed by atoms with Gasteiger partial charge in [0.15, 0.2) is 9.84 Å². The van der Waals surface area contributed by atoms with Crippen molar-refractivity contribution in [3.05, 3.63) is 36.4 Å². The monoisotopic (exact) mass is 333 g/mol. The molecule has 0 unspecified atom stereocenters. The first kappa shape index (κ1) is 17.5. The Morgan fingerprint density at radius 1 is 1.09 bits per heavy atom. The predicted molar refractivity (Wildman–Crippen MR) is 94.8 cm³/mol. The molecule has 0 spiro atoms. The molecular weight excluding hydrogens is 310 g/mol. The van der Waals surface area contributed by atoms with Gasteiger partial charge in [0.25, 0.3) is 0 Å². The van der Waals surface area contributed by atoms with E-state index < -0.39 is 15.8 Å². The molecular formula is C18H23NO3S. The summed E-state index contributed by atoms with van der Waals surface area (Å²) < 4.78 is 25.7. The summed E-state index contributed by atoms with van der Waals surface area (Å²) in [5.74, 6) is -0.665. The van der Waals surface area contributed by atoms with Crippen molar-refractivity contribution in [2.45, 2.75) is 25.2 Å². The molecule has 23 heavy (non-hydrogen) atoms. The fourth-order valence-corrected chi connectivity index (χ4v) is 4.78. The number of hydrogen-bond acceptors (Lipinski definition) is 4. The number of benzene rings is 2. The zero-order chi connectivity index (χ0) is 17.2. The minimum absolute atomic E-state index is 0.0784. The average molecular weight is 333 g/mol. The molecule has 0 aliphatic carbocycles. The lowest BCUT2D eigenvalue weighted by molar-refractivity contribution is -0.120. The highest BCUT2D eigenvalue weighted by Crippen LogP contribution is 2.31. The largest absolute Gasteiger partial charge is 0.377 e. The van der Waals surface area contributed by atoms with Gasteiger partial charge in [0.1, 0.15) is 5.78 Å². The van der Waals surface area contributed by atoms with Crippen molar-refractivity contribution in [2.24, 2.45) is 5.92 Å². The zero-order valence-electron chi connectivity index (χ0n) is 14.0. The molecule has 4 nitrogen and oxygen atoms in total. The van der Waals surface area contributed by atoms with E-state index in [1.165, 1.54) is 6.92 Å². The number of hydrogen-bond donors (Lipinski definition) is 0. The smallest absolute Gasteiger partial charge is 0.179 e. The summed E-state index contributed by atoms with van der Waals surface area (Å²) in [5, 5.41) is 1.60. The number of ketones is 1. The molecule has 0 aliphatic rings. The maximum atomic E-state index is 12.8. The maximum Gasteiger partial charge on any atom is 0.179 e. The number of fused-ring (bicyclic) bond motifs is 1. The highest BCUT2D eigenvalue weighted by Gasteiger charge is 2.25. The highest BCUT2D eigenvalue weighted by atomic mass is 32.2. The lowest BCUT2D eigenvalue weighted by atomic mass is 10.1. The fourth-order valence-electron chi connectivity index (χ4n) is 2.80. The van der Waals surface area contributed by atoms with Crippen LogP contribution in [0.5, 0.6) is 0 Å². The molecule has 1 atom stereocenters. The fraction of sp³-hybridized carbons (Fsp3) is 0.389. The van der Waals surface area contributed by atoms with Gasteiger partial charge in [0, 0.05) is 36.5 Å². The van der Waals surface area contributed by atoms with Crippen molar-refractivity contribution in [1.82, 2.24) is 0 Å². The van der Waals surface area contributed by atoms with E-state index in [4.69, 9.17) is 0 Å². The summed E-state index contributed by atoms with van der Waals surface area (Å²) >= 11 is 0. The van der Waals surface area contributed by atoms with Crippen LogP contribution in [0.25, 0.3) is 10.8 Å². The molecule has 0 heterocycles. The van der Waals surface area contributed by atoms with Crippen LogP contribution in [0.15, 0.2) is 41.3 Å². The van der Waals surface area contributed by atoms with Gasteiger partial charge in [-0.25, -0.2) is 8.42 Å². The predicted octanol–water partition coefficient (Wildman–Crippen LogP) is 3.29. The van der Waals surface area contributed by atoms with Crippen molar-refractivity contribution in [2.75, 3.05) is 24.7 Å². The number of rotatable bonds is 6. The summed E-state index contributed by atoms with van der Waals surface area (Å²) in [6.45, 7) is 3.30. The first-order chi connectivity index (χ1) is 10.8. The van der Waals surface area contributed by atoms with E-state index in [9.17, 15) is 13.2 Å². The van der Waals surface area contributed by atoms with Crippen LogP contribution in [-0.4, -0.2) is 34.0 Å². The van der Waals surface area contributed by atoms with Crippen molar-refractivity contribution in [3.63, 3.8) is 0 Å². The second-order valence-corrected chi connectivity index (χ2v) is 8.02. The Kier molecular flexibility index (Phi) is 5.09. The van der Waals surface area contributed by atoms with Gasteiger partial charge in [0.05, 0.1) is 10.6 Å². The van der Waals surface area contributed by atoms with Crippen LogP contribution in [0.4, 0.5) is 5.69 Å². The summed E-state index contributed by atoms with van der Waals surface area (Å²) in [5.41, 5.74) is 0.971. The second-order valence-electron chi connectivity index (χ2n) is 6.02. The Bertz CT molecular complexity index is 825. The molecule has 0 aliphatic heterocycles. The Balaban J connectivity index is 2.59. The van der Waals surface area contributed by atoms with E-state index in [1.54, 1.807) is 12.1 Å². The van der Waals surface area contributed by atoms with Crippen molar-refractivity contribution >= 4 is 32.1 Å². The van der Waals surface area contributed by atoms with Crippen molar-refractivity contribution in [1.29, 1.82) is 0 Å². The summed E-state index contributed by atoms with van der Waals surface area (Å²) in [6.07, 6.45) is 0.530. The third-order valence-corrected chi connectivity index (χ3v) is 6.03. The number of carbonyl (C=O) groups excluding carboxylic acids is 1. The molecule has 0 bridgehead atoms. The Labute approximate surface area is 138 Å². The standard InChI is InChI=1S/C18H23NO3S/c1-5-14(13(2)20)12-23(21,22)18-11-7-8-15-16(18)9-6-10-17(15)19(3)4/h6-11,14H,5,12H2,1-4H3/t14-/m1/s1. The molecule has 5 heteroatoms. The minimum Gasteiger partial charge on any atom is -0.377 e. The molecule has 0 N–H and O–H groups in total. The first-order valence-electron chi connectivity index (χ1n) is 7.70. The number of Topliss-reactive ketones (excluding diaryl/α,β-unsaturated/α-hetero) is 1. The number of carbonyl (C=O) groups is 1. The lowest BCUT2D eigenvalue weighted by Crippen LogP contribution is -2.22. The summed E-state index contributed by atoms with van der Waals surface area (Å²) in [6, 6.07) is 11.0. The first-order valence-corrected chi connectivity index (χ1v) is 9.35. The van der Waals surface area contributed by atoms with Crippen LogP contribution in [0.1, 0.15) is 20.3 Å². The van der Waals surface area contributed by atoms with Gasteiger partial charge in [-0.1, -0.05) is 31.2 Å². The summed E-state index contributed by atoms with van der Waals surface area (Å²) in [4.78, 5) is 13.9. The summed E-state index contributed by atoms with van der Waals surface area (Å²) in [7, 11) is 0.334. The van der Waals surface area contributed by atoms with Gasteiger partial charge < -0.3 is 4.90 Å². The van der Waals surface area contributed by atoms with E-state index in [-0.39, 0.29) is 11.5 Å². The van der Waals surface area contributed by atoms with E-state index in [0.29, 0.717) is 16.7 Å². The van der Waals surface area contributed by atoms with Gasteiger partial charge in [0.2, 0.25) is 0 Å². The van der Waals surface area contributed by atoms with Crippen LogP contribution < -0.4 is 4.90 Å². The van der Waals surface area contributed by atoms with Gasteiger partial charge in [-0.2, -0.15) is 0 Å². The maximum absolute atomic E-state index is 12.8. The second kappa shape index (κ2) is 6.71. The molecule has 0 amide bonds. The molecule has 0 saturated carbocycles. The van der Waals surface area contributed by atoms with Gasteiger partial charge in [-0.05, 0) is 25.5 Å². The Morgan fingerprint density at radius 2 is 1.70 bits per heavy atom. The van der Waals surface area contributed by atoms with Crippen LogP contribution in [0, 0.1) is 5.92 Å². The zero-order valence-corrected chi connectivity index (χ0v) is 14.9.